The molecule has 0 radical (unpaired) electrons. The zero-order chi connectivity index (χ0) is 27.6. The number of carboxylic acid groups (broad SMARTS) is 1. The number of piperidine rings is 1. The van der Waals surface area contributed by atoms with Crippen molar-refractivity contribution in [3.63, 3.8) is 0 Å². The Hall–Kier alpha value is -2.91. The highest BCUT2D eigenvalue weighted by Crippen LogP contribution is 2.37. The molecule has 2 fully saturated rings. The van der Waals surface area contributed by atoms with Crippen molar-refractivity contribution < 1.29 is 19.4 Å². The zero-order valence-corrected chi connectivity index (χ0v) is 23.0. The molecule has 3 unspecified atom stereocenters. The molecular weight excluding hydrogens is 498 g/mol. The summed E-state index contributed by atoms with van der Waals surface area (Å²) in [4.78, 5) is 38.5. The van der Waals surface area contributed by atoms with Gasteiger partial charge in [-0.3, -0.25) is 9.59 Å². The Balaban J connectivity index is 1.44. The Morgan fingerprint density at radius 1 is 1.05 bits per heavy atom. The van der Waals surface area contributed by atoms with Crippen LogP contribution in [-0.4, -0.2) is 57.2 Å². The van der Waals surface area contributed by atoms with Crippen molar-refractivity contribution in [3.8, 4) is 0 Å². The highest BCUT2D eigenvalue weighted by molar-refractivity contribution is 5.75. The standard InChI is InChI=1S/C30H43N3O6/c1-38-18-9-19-39-29(22-11-3-2-4-12-22)23-14-8-17-33(20-23)26-25(27(34)28(26)35)32-24-15-6-5-10-21(24)13-7-16-31-30(36)37/h2-4,11-12,21,23-24,29,31-32H,5-10,13-20H2,1H3,(H,36,37)/t21?,23?,24?,29-/m1/s1. The van der Waals surface area contributed by atoms with Gasteiger partial charge in [-0.25, -0.2) is 4.79 Å². The molecule has 1 saturated carbocycles. The quantitative estimate of drug-likeness (QED) is 0.239. The maximum atomic E-state index is 12.9. The molecule has 0 bridgehead atoms. The number of benzene rings is 1. The summed E-state index contributed by atoms with van der Waals surface area (Å²) in [6.07, 6.45) is 7.49. The van der Waals surface area contributed by atoms with Crippen LogP contribution in [0.3, 0.4) is 0 Å². The van der Waals surface area contributed by atoms with E-state index >= 15 is 0 Å². The number of ether oxygens (including phenoxy) is 2. The van der Waals surface area contributed by atoms with Gasteiger partial charge in [0.2, 0.25) is 0 Å². The normalized spacial score (nSPS) is 22.5. The van der Waals surface area contributed by atoms with Crippen molar-refractivity contribution >= 4 is 17.5 Å². The summed E-state index contributed by atoms with van der Waals surface area (Å²) in [6.45, 7) is 3.08. The molecular formula is C30H43N3O6. The van der Waals surface area contributed by atoms with Crippen LogP contribution in [0.2, 0.25) is 0 Å². The molecule has 9 nitrogen and oxygen atoms in total. The van der Waals surface area contributed by atoms with Gasteiger partial charge in [0.05, 0.1) is 6.10 Å². The molecule has 1 saturated heterocycles. The minimum Gasteiger partial charge on any atom is -0.465 e. The monoisotopic (exact) mass is 541 g/mol. The number of amides is 1. The van der Waals surface area contributed by atoms with Gasteiger partial charge in [-0.15, -0.1) is 0 Å². The first kappa shape index (κ1) is 29.1. The smallest absolute Gasteiger partial charge is 0.404 e. The van der Waals surface area contributed by atoms with Crippen LogP contribution in [-0.2, 0) is 9.47 Å². The van der Waals surface area contributed by atoms with Crippen LogP contribution >= 0.6 is 0 Å². The first-order valence-corrected chi connectivity index (χ1v) is 14.5. The lowest BCUT2D eigenvalue weighted by molar-refractivity contribution is -0.00235. The van der Waals surface area contributed by atoms with Gasteiger partial charge in [0.25, 0.3) is 10.9 Å². The van der Waals surface area contributed by atoms with E-state index < -0.39 is 17.0 Å². The molecule has 3 N–H and O–H groups in total. The molecule has 1 aliphatic carbocycles. The molecule has 214 valence electrons. The number of rotatable bonds is 14. The second kappa shape index (κ2) is 14.5. The molecule has 1 amide bonds. The topological polar surface area (TPSA) is 117 Å². The number of anilines is 2. The van der Waals surface area contributed by atoms with Crippen LogP contribution in [0.25, 0.3) is 0 Å². The van der Waals surface area contributed by atoms with E-state index in [-0.39, 0.29) is 18.1 Å². The molecule has 9 heteroatoms. The lowest BCUT2D eigenvalue weighted by atomic mass is 9.81. The summed E-state index contributed by atoms with van der Waals surface area (Å²) in [5.41, 5.74) is 1.33. The predicted octanol–water partition coefficient (Wildman–Crippen LogP) is 4.31. The Labute approximate surface area is 230 Å². The van der Waals surface area contributed by atoms with Gasteiger partial charge in [-0.2, -0.15) is 0 Å². The Morgan fingerprint density at radius 2 is 1.85 bits per heavy atom. The van der Waals surface area contributed by atoms with E-state index in [4.69, 9.17) is 14.6 Å². The minimum atomic E-state index is -1.00. The lowest BCUT2D eigenvalue weighted by Crippen LogP contribution is -2.49. The maximum Gasteiger partial charge on any atom is 0.404 e. The molecule has 4 atom stereocenters. The van der Waals surface area contributed by atoms with Gasteiger partial charge >= 0.3 is 6.09 Å². The van der Waals surface area contributed by atoms with Crippen molar-refractivity contribution in [2.75, 3.05) is 50.2 Å². The molecule has 1 aliphatic heterocycles. The van der Waals surface area contributed by atoms with E-state index in [1.54, 1.807) is 7.11 Å². The second-order valence-corrected chi connectivity index (χ2v) is 10.9. The third-order valence-electron chi connectivity index (χ3n) is 8.27. The Morgan fingerprint density at radius 3 is 2.62 bits per heavy atom. The van der Waals surface area contributed by atoms with E-state index in [0.717, 1.165) is 69.9 Å². The first-order valence-electron chi connectivity index (χ1n) is 14.5. The molecule has 4 rings (SSSR count). The summed E-state index contributed by atoms with van der Waals surface area (Å²) in [6, 6.07) is 10.4. The average molecular weight is 542 g/mol. The van der Waals surface area contributed by atoms with Gasteiger partial charge in [-0.05, 0) is 56.4 Å². The zero-order valence-electron chi connectivity index (χ0n) is 23.0. The summed E-state index contributed by atoms with van der Waals surface area (Å²) in [5, 5.41) is 14.8. The highest BCUT2D eigenvalue weighted by Gasteiger charge is 2.35. The van der Waals surface area contributed by atoms with E-state index in [0.29, 0.717) is 43.6 Å². The highest BCUT2D eigenvalue weighted by atomic mass is 16.5. The molecule has 1 heterocycles. The second-order valence-electron chi connectivity index (χ2n) is 10.9. The van der Waals surface area contributed by atoms with Crippen LogP contribution in [0.1, 0.15) is 69.5 Å². The van der Waals surface area contributed by atoms with E-state index in [1.807, 2.05) is 18.2 Å². The number of hydrogen-bond acceptors (Lipinski definition) is 7. The SMILES string of the molecule is COCCCO[C@H](c1ccccc1)C1CCCN(c2c(NC3CCCCC3CCCNC(=O)O)c(=O)c2=O)C1. The first-order chi connectivity index (χ1) is 19.0. The number of carbonyl (C=O) groups is 1. The fourth-order valence-electron chi connectivity index (χ4n) is 6.32. The fourth-order valence-corrected chi connectivity index (χ4v) is 6.32. The van der Waals surface area contributed by atoms with Crippen LogP contribution in [0.5, 0.6) is 0 Å². The van der Waals surface area contributed by atoms with Gasteiger partial charge in [0.1, 0.15) is 11.4 Å². The molecule has 2 aromatic rings. The fraction of sp³-hybridized carbons (Fsp3) is 0.633. The summed E-state index contributed by atoms with van der Waals surface area (Å²) in [5.74, 6) is 0.550. The van der Waals surface area contributed by atoms with E-state index in [9.17, 15) is 14.4 Å². The van der Waals surface area contributed by atoms with Gasteiger partial charge in [-0.1, -0.05) is 43.2 Å². The van der Waals surface area contributed by atoms with Crippen molar-refractivity contribution in [2.45, 2.75) is 69.9 Å². The molecule has 39 heavy (non-hydrogen) atoms. The third-order valence-corrected chi connectivity index (χ3v) is 8.27. The third kappa shape index (κ3) is 7.60. The number of nitrogens with one attached hydrogen (secondary N) is 2. The summed E-state index contributed by atoms with van der Waals surface area (Å²) in [7, 11) is 1.69. The summed E-state index contributed by atoms with van der Waals surface area (Å²) >= 11 is 0. The van der Waals surface area contributed by atoms with Crippen molar-refractivity contribution in [1.29, 1.82) is 0 Å². The van der Waals surface area contributed by atoms with E-state index in [2.05, 4.69) is 27.7 Å². The van der Waals surface area contributed by atoms with E-state index in [1.165, 1.54) is 0 Å². The predicted molar refractivity (Wildman–Crippen MR) is 153 cm³/mol. The molecule has 0 aromatic heterocycles. The van der Waals surface area contributed by atoms with Gasteiger partial charge in [0, 0.05) is 51.9 Å². The lowest BCUT2D eigenvalue weighted by Gasteiger charge is -2.40. The average Bonchev–Trinajstić information content (AvgIpc) is 2.96. The minimum absolute atomic E-state index is 0.0871. The molecule has 0 spiro atoms. The van der Waals surface area contributed by atoms with Gasteiger partial charge < -0.3 is 30.1 Å². The van der Waals surface area contributed by atoms with Crippen LogP contribution in [0.15, 0.2) is 39.9 Å². The largest absolute Gasteiger partial charge is 0.465 e. The van der Waals surface area contributed by atoms with Gasteiger partial charge in [0.15, 0.2) is 0 Å². The molecule has 2 aromatic carbocycles. The van der Waals surface area contributed by atoms with Crippen molar-refractivity contribution in [2.24, 2.45) is 11.8 Å². The number of nitrogens with zero attached hydrogens (tertiary/aromatic N) is 1. The van der Waals surface area contributed by atoms with Crippen LogP contribution < -0.4 is 26.4 Å². The summed E-state index contributed by atoms with van der Waals surface area (Å²) < 4.78 is 11.6. The maximum absolute atomic E-state index is 12.9. The molecule has 2 aliphatic rings. The Bertz CT molecular complexity index is 1120. The van der Waals surface area contributed by atoms with Crippen LogP contribution in [0, 0.1) is 11.8 Å². The van der Waals surface area contributed by atoms with Crippen molar-refractivity contribution in [3.05, 3.63) is 56.3 Å². The number of methoxy groups -OCH3 is 1. The van der Waals surface area contributed by atoms with Crippen molar-refractivity contribution in [1.82, 2.24) is 5.32 Å². The Kier molecular flexibility index (Phi) is 10.8. The number of hydrogen-bond donors (Lipinski definition) is 3. The van der Waals surface area contributed by atoms with Crippen LogP contribution in [0.4, 0.5) is 16.2 Å².